The number of benzene rings is 4. The Labute approximate surface area is 356 Å². The first-order chi connectivity index (χ1) is 29.7. The number of H-pyrrole nitrogens is 3. The molecule has 0 aliphatic heterocycles. The maximum atomic E-state index is 12.1. The predicted octanol–water partition coefficient (Wildman–Crippen LogP) is 5.62. The summed E-state index contributed by atoms with van der Waals surface area (Å²) in [5.74, 6) is -4.38. The molecule has 18 heteroatoms. The van der Waals surface area contributed by atoms with E-state index in [9.17, 15) is 43.5 Å². The first-order valence-corrected chi connectivity index (χ1v) is 19.0. The number of amides is 2. The van der Waals surface area contributed by atoms with Gasteiger partial charge in [0, 0.05) is 59.8 Å². The zero-order valence-electron chi connectivity index (χ0n) is 34.2. The van der Waals surface area contributed by atoms with E-state index in [1.54, 1.807) is 63.2 Å². The van der Waals surface area contributed by atoms with Gasteiger partial charge in [-0.1, -0.05) is 63.2 Å². The van der Waals surface area contributed by atoms with Crippen molar-refractivity contribution in [2.45, 2.75) is 40.8 Å². The lowest BCUT2D eigenvalue weighted by atomic mass is 9.95. The van der Waals surface area contributed by atoms with E-state index in [0.717, 1.165) is 29.3 Å². The van der Waals surface area contributed by atoms with E-state index in [0.29, 0.717) is 46.3 Å². The Morgan fingerprint density at radius 2 is 0.984 bits per heavy atom. The van der Waals surface area contributed by atoms with Gasteiger partial charge < -0.3 is 51.3 Å². The highest BCUT2D eigenvalue weighted by Crippen LogP contribution is 2.25. The summed E-state index contributed by atoms with van der Waals surface area (Å²) in [6.07, 6.45) is 0. The van der Waals surface area contributed by atoms with Crippen LogP contribution in [0.25, 0.3) is 32.7 Å². The Bertz CT molecular complexity index is 3090. The summed E-state index contributed by atoms with van der Waals surface area (Å²) in [6.45, 7) is 7.75. The number of phenolic OH excluding ortho intramolecular Hbond substituents is 1. The number of para-hydroxylation sites is 2. The molecular weight excluding hydrogens is 817 g/mol. The van der Waals surface area contributed by atoms with Crippen molar-refractivity contribution in [2.24, 2.45) is 5.41 Å². The monoisotopic (exact) mass is 858 g/mol. The molecule has 2 amide bonds. The van der Waals surface area contributed by atoms with Crippen LogP contribution in [0.5, 0.6) is 5.75 Å². The molecule has 7 aromatic rings. The first kappa shape index (κ1) is 45.7. The van der Waals surface area contributed by atoms with Gasteiger partial charge in [0.2, 0.25) is 11.8 Å². The van der Waals surface area contributed by atoms with Crippen LogP contribution in [0.4, 0.5) is 11.4 Å². The molecule has 0 fully saturated rings. The van der Waals surface area contributed by atoms with Crippen LogP contribution in [0.1, 0.15) is 70.3 Å². The van der Waals surface area contributed by atoms with Gasteiger partial charge >= 0.3 is 17.9 Å². The van der Waals surface area contributed by atoms with Crippen molar-refractivity contribution in [1.29, 1.82) is 0 Å². The Balaban J connectivity index is 0.000000180. The SMILES string of the molecule is CC(=O)Nc1cccc2c(=O)cc(C(=O)O)[nH]c12.CC(C)(C)C(=O)Nc1cccc2c(=O)cc(C(=O)O)[nH]c12.O=C(O)c1cc(=O)c2cc(CNCc3ccccc3)cc(O)c2[nH]1. The van der Waals surface area contributed by atoms with Crippen LogP contribution in [0.2, 0.25) is 0 Å². The molecule has 3 aromatic heterocycles. The van der Waals surface area contributed by atoms with Gasteiger partial charge in [-0.15, -0.1) is 0 Å². The van der Waals surface area contributed by atoms with Crippen molar-refractivity contribution in [1.82, 2.24) is 20.3 Å². The number of carbonyl (C=O) groups excluding carboxylic acids is 2. The number of carboxylic acid groups (broad SMARTS) is 3. The Morgan fingerprint density at radius 1 is 0.540 bits per heavy atom. The number of aromatic hydroxyl groups is 1. The maximum Gasteiger partial charge on any atom is 0.352 e. The first-order valence-electron chi connectivity index (χ1n) is 19.0. The number of aromatic carboxylic acids is 3. The Morgan fingerprint density at radius 3 is 1.44 bits per heavy atom. The molecule has 0 atom stereocenters. The molecule has 10 N–H and O–H groups in total. The molecule has 4 aromatic carbocycles. The molecule has 0 saturated heterocycles. The number of fused-ring (bicyclic) bond motifs is 3. The van der Waals surface area contributed by atoms with E-state index in [1.807, 2.05) is 30.3 Å². The topological polar surface area (TPSA) is 301 Å². The second-order valence-corrected chi connectivity index (χ2v) is 15.0. The van der Waals surface area contributed by atoms with Crippen molar-refractivity contribution in [2.75, 3.05) is 10.6 Å². The normalized spacial score (nSPS) is 10.9. The molecular formula is C45H42N6O12. The number of anilines is 2. The minimum absolute atomic E-state index is 0.131. The molecule has 18 nitrogen and oxygen atoms in total. The fraction of sp³-hybridized carbons (Fsp3) is 0.156. The standard InChI is InChI=1S/C18H16N2O4.C15H16N2O4.C12H10N2O4/c21-15-8-14(18(23)24)20-17-13(15)6-12(7-16(17)22)10-19-9-11-4-2-1-3-5-11;1-15(2,3)14(21)17-9-6-4-5-8-11(18)7-10(13(19)20)16-12(8)9;1-6(15)13-8-4-2-3-7-10(16)5-9(12(17)18)14-11(7)8/h1-8,19,22H,9-10H2,(H,20,21)(H,23,24);4-7H,1-3H3,(H,16,18)(H,17,21)(H,19,20);2-5H,1H3,(H,13,15)(H,14,16)(H,17,18). The van der Waals surface area contributed by atoms with Crippen LogP contribution >= 0.6 is 0 Å². The quantitative estimate of drug-likeness (QED) is 0.0845. The fourth-order valence-electron chi connectivity index (χ4n) is 6.04. The number of aromatic amines is 3. The number of aromatic nitrogens is 3. The lowest BCUT2D eigenvalue weighted by Crippen LogP contribution is -2.28. The van der Waals surface area contributed by atoms with Gasteiger partial charge in [-0.05, 0) is 47.5 Å². The lowest BCUT2D eigenvalue weighted by molar-refractivity contribution is -0.123. The number of hydrogen-bond acceptors (Lipinski definition) is 10. The highest BCUT2D eigenvalue weighted by atomic mass is 16.4. The summed E-state index contributed by atoms with van der Waals surface area (Å²) < 4.78 is 0. The third-order valence-electron chi connectivity index (χ3n) is 9.14. The van der Waals surface area contributed by atoms with Crippen LogP contribution in [0.15, 0.2) is 111 Å². The second kappa shape index (κ2) is 19.3. The zero-order valence-corrected chi connectivity index (χ0v) is 34.2. The van der Waals surface area contributed by atoms with Crippen LogP contribution in [-0.4, -0.2) is 65.1 Å². The molecule has 0 aliphatic carbocycles. The molecule has 7 rings (SSSR count). The average Bonchev–Trinajstić information content (AvgIpc) is 3.22. The molecule has 0 aliphatic rings. The molecule has 0 radical (unpaired) electrons. The van der Waals surface area contributed by atoms with Gasteiger partial charge in [-0.2, -0.15) is 0 Å². The van der Waals surface area contributed by atoms with E-state index in [-0.39, 0.29) is 45.5 Å². The molecule has 0 saturated carbocycles. The summed E-state index contributed by atoms with van der Waals surface area (Å²) in [4.78, 5) is 99.7. The lowest BCUT2D eigenvalue weighted by Gasteiger charge is -2.18. The van der Waals surface area contributed by atoms with Crippen molar-refractivity contribution < 1.29 is 44.4 Å². The number of carbonyl (C=O) groups is 5. The summed E-state index contributed by atoms with van der Waals surface area (Å²) in [5.41, 5.74) is 0.816. The highest BCUT2D eigenvalue weighted by molar-refractivity contribution is 6.03. The highest BCUT2D eigenvalue weighted by Gasteiger charge is 2.22. The molecule has 3 heterocycles. The van der Waals surface area contributed by atoms with Crippen LogP contribution in [-0.2, 0) is 22.7 Å². The van der Waals surface area contributed by atoms with Crippen LogP contribution < -0.4 is 32.2 Å². The van der Waals surface area contributed by atoms with Gasteiger partial charge in [0.25, 0.3) is 0 Å². The van der Waals surface area contributed by atoms with Crippen LogP contribution in [0, 0.1) is 5.41 Å². The van der Waals surface area contributed by atoms with E-state index in [4.69, 9.17) is 15.3 Å². The molecule has 324 valence electrons. The minimum atomic E-state index is -1.25. The molecule has 0 spiro atoms. The average molecular weight is 859 g/mol. The summed E-state index contributed by atoms with van der Waals surface area (Å²) in [6, 6.07) is 25.7. The smallest absolute Gasteiger partial charge is 0.352 e. The third kappa shape index (κ3) is 11.5. The number of pyridine rings is 3. The van der Waals surface area contributed by atoms with E-state index < -0.39 is 39.6 Å². The zero-order chi connectivity index (χ0) is 46.2. The van der Waals surface area contributed by atoms with Crippen molar-refractivity contribution in [3.05, 3.63) is 156 Å². The van der Waals surface area contributed by atoms with Crippen molar-refractivity contribution in [3.63, 3.8) is 0 Å². The van der Waals surface area contributed by atoms with Gasteiger partial charge in [0.05, 0.1) is 27.9 Å². The number of rotatable bonds is 9. The minimum Gasteiger partial charge on any atom is -0.506 e. The number of carboxylic acids is 3. The fourth-order valence-corrected chi connectivity index (χ4v) is 6.04. The third-order valence-corrected chi connectivity index (χ3v) is 9.14. The maximum absolute atomic E-state index is 12.1. The van der Waals surface area contributed by atoms with Crippen molar-refractivity contribution in [3.8, 4) is 5.75 Å². The molecule has 0 unspecified atom stereocenters. The van der Waals surface area contributed by atoms with Gasteiger partial charge in [0.15, 0.2) is 16.3 Å². The van der Waals surface area contributed by atoms with E-state index in [2.05, 4.69) is 30.9 Å². The van der Waals surface area contributed by atoms with E-state index >= 15 is 0 Å². The summed E-state index contributed by atoms with van der Waals surface area (Å²) >= 11 is 0. The van der Waals surface area contributed by atoms with E-state index in [1.165, 1.54) is 13.0 Å². The van der Waals surface area contributed by atoms with Gasteiger partial charge in [-0.3, -0.25) is 24.0 Å². The van der Waals surface area contributed by atoms with Crippen LogP contribution in [0.3, 0.4) is 0 Å². The van der Waals surface area contributed by atoms with Gasteiger partial charge in [0.1, 0.15) is 22.8 Å². The summed E-state index contributed by atoms with van der Waals surface area (Å²) in [5, 5.41) is 46.4. The molecule has 63 heavy (non-hydrogen) atoms. The predicted molar refractivity (Wildman–Crippen MR) is 236 cm³/mol. The molecule has 0 bridgehead atoms. The van der Waals surface area contributed by atoms with Crippen molar-refractivity contribution >= 4 is 73.8 Å². The Kier molecular flexibility index (Phi) is 14.0. The summed E-state index contributed by atoms with van der Waals surface area (Å²) in [7, 11) is 0. The van der Waals surface area contributed by atoms with Gasteiger partial charge in [-0.25, -0.2) is 14.4 Å². The number of nitrogens with one attached hydrogen (secondary N) is 6. The second-order valence-electron chi connectivity index (χ2n) is 15.0. The number of hydrogen-bond donors (Lipinski definition) is 10. The number of phenols is 1. The Hall–Kier alpha value is -8.38. The largest absolute Gasteiger partial charge is 0.506 e.